The molecule has 11 nitrogen and oxygen atoms in total. The molecule has 0 aliphatic carbocycles. The van der Waals surface area contributed by atoms with Crippen LogP contribution in [0.1, 0.15) is 20.7 Å². The fourth-order valence-electron chi connectivity index (χ4n) is 6.25. The number of rotatable bonds is 13. The highest BCUT2D eigenvalue weighted by molar-refractivity contribution is 6.26. The van der Waals surface area contributed by atoms with Crippen LogP contribution in [0.4, 0.5) is 11.4 Å². The van der Waals surface area contributed by atoms with Crippen LogP contribution in [0.3, 0.4) is 0 Å². The lowest BCUT2D eigenvalue weighted by molar-refractivity contribution is -0.137. The standard InChI is InChI=1S/C42H33N5O6/c1-3-36(48)46(31-19-17-30(18-20-31)40-45-44-39(53-40)29-15-13-28(14-16-29)27-9-6-5-7-10-27)24-25-47-41(50)33-12-8-11-32-35(43-23-26-52-37(49)4-2)22-21-34(38(32)33)42(47)51/h3-22,43H,1-2,23-26H2. The van der Waals surface area contributed by atoms with Gasteiger partial charge in [-0.25, -0.2) is 4.79 Å². The molecule has 0 atom stereocenters. The molecule has 0 bridgehead atoms. The van der Waals surface area contributed by atoms with Crippen LogP contribution in [-0.4, -0.2) is 65.0 Å². The van der Waals surface area contributed by atoms with Crippen molar-refractivity contribution >= 4 is 45.8 Å². The molecule has 1 N–H and O–H groups in total. The molecule has 0 unspecified atom stereocenters. The van der Waals surface area contributed by atoms with Gasteiger partial charge < -0.3 is 19.4 Å². The number of imide groups is 1. The minimum absolute atomic E-state index is 0.0275. The predicted octanol–water partition coefficient (Wildman–Crippen LogP) is 7.18. The van der Waals surface area contributed by atoms with E-state index in [1.807, 2.05) is 60.7 Å². The Labute approximate surface area is 304 Å². The first-order valence-electron chi connectivity index (χ1n) is 16.8. The van der Waals surface area contributed by atoms with Crippen LogP contribution >= 0.6 is 0 Å². The van der Waals surface area contributed by atoms with Gasteiger partial charge in [-0.2, -0.15) is 0 Å². The van der Waals surface area contributed by atoms with E-state index in [0.717, 1.165) is 27.7 Å². The van der Waals surface area contributed by atoms with E-state index >= 15 is 0 Å². The van der Waals surface area contributed by atoms with E-state index in [-0.39, 0.29) is 19.7 Å². The number of hydrogen-bond acceptors (Lipinski definition) is 9. The largest absolute Gasteiger partial charge is 0.461 e. The SMILES string of the molecule is C=CC(=O)OCCNc1ccc2c3c(cccc13)C(=O)N(CCN(C(=O)C=C)c1ccc(-c3nnc(-c4ccc(-c5ccccc5)cc4)o3)cc1)C2=O. The third kappa shape index (κ3) is 6.95. The van der Waals surface area contributed by atoms with Crippen molar-refractivity contribution in [2.75, 3.05) is 36.5 Å². The van der Waals surface area contributed by atoms with E-state index < -0.39 is 23.7 Å². The Balaban J connectivity index is 1.05. The molecule has 3 amide bonds. The Kier molecular flexibility index (Phi) is 9.71. The smallest absolute Gasteiger partial charge is 0.330 e. The minimum atomic E-state index is -0.523. The van der Waals surface area contributed by atoms with Crippen molar-refractivity contribution < 1.29 is 28.3 Å². The first-order chi connectivity index (χ1) is 25.9. The average Bonchev–Trinajstić information content (AvgIpc) is 3.71. The number of nitrogens with one attached hydrogen (secondary N) is 1. The zero-order valence-corrected chi connectivity index (χ0v) is 28.5. The van der Waals surface area contributed by atoms with Gasteiger partial charge in [0.25, 0.3) is 11.8 Å². The first kappa shape index (κ1) is 34.3. The lowest BCUT2D eigenvalue weighted by Gasteiger charge is -2.30. The van der Waals surface area contributed by atoms with Gasteiger partial charge in [0.05, 0.1) is 0 Å². The molecule has 0 radical (unpaired) electrons. The van der Waals surface area contributed by atoms with Gasteiger partial charge in [0.2, 0.25) is 17.7 Å². The van der Waals surface area contributed by atoms with E-state index in [9.17, 15) is 19.2 Å². The highest BCUT2D eigenvalue weighted by Crippen LogP contribution is 2.35. The average molecular weight is 704 g/mol. The molecule has 0 fully saturated rings. The van der Waals surface area contributed by atoms with Crippen LogP contribution in [0.15, 0.2) is 139 Å². The van der Waals surface area contributed by atoms with Crippen LogP contribution in [0, 0.1) is 0 Å². The summed E-state index contributed by atoms with van der Waals surface area (Å²) in [5.74, 6) is -1.16. The molecule has 0 saturated carbocycles. The van der Waals surface area contributed by atoms with Crippen LogP contribution in [0.5, 0.6) is 0 Å². The maximum atomic E-state index is 13.7. The molecule has 1 aliphatic heterocycles. The molecule has 1 aliphatic rings. The number of carbonyl (C=O) groups excluding carboxylic acids is 4. The summed E-state index contributed by atoms with van der Waals surface area (Å²) in [6.07, 6.45) is 2.28. The highest BCUT2D eigenvalue weighted by atomic mass is 16.5. The van der Waals surface area contributed by atoms with Gasteiger partial charge in [-0.3, -0.25) is 19.3 Å². The van der Waals surface area contributed by atoms with E-state index in [4.69, 9.17) is 9.15 Å². The summed E-state index contributed by atoms with van der Waals surface area (Å²) in [5.41, 5.74) is 5.58. The summed E-state index contributed by atoms with van der Waals surface area (Å²) in [5, 5.41) is 12.9. The van der Waals surface area contributed by atoms with E-state index in [0.29, 0.717) is 57.2 Å². The molecular formula is C42H33N5O6. The number of carbonyl (C=O) groups is 4. The van der Waals surface area contributed by atoms with Crippen molar-refractivity contribution in [2.24, 2.45) is 0 Å². The maximum Gasteiger partial charge on any atom is 0.330 e. The minimum Gasteiger partial charge on any atom is -0.461 e. The van der Waals surface area contributed by atoms with Crippen LogP contribution in [0.25, 0.3) is 44.8 Å². The Morgan fingerprint density at radius 3 is 2.02 bits per heavy atom. The Bertz CT molecular complexity index is 2350. The molecule has 7 rings (SSSR count). The highest BCUT2D eigenvalue weighted by Gasteiger charge is 2.34. The summed E-state index contributed by atoms with van der Waals surface area (Å²) < 4.78 is 11.0. The van der Waals surface area contributed by atoms with Gasteiger partial charge >= 0.3 is 5.97 Å². The predicted molar refractivity (Wildman–Crippen MR) is 202 cm³/mol. The molecule has 6 aromatic rings. The van der Waals surface area contributed by atoms with Gasteiger partial charge in [0, 0.05) is 70.1 Å². The molecular weight excluding hydrogens is 670 g/mol. The molecule has 2 heterocycles. The van der Waals surface area contributed by atoms with E-state index in [2.05, 4.69) is 28.7 Å². The number of esters is 1. The van der Waals surface area contributed by atoms with E-state index in [1.54, 1.807) is 48.5 Å². The van der Waals surface area contributed by atoms with Crippen LogP contribution in [0.2, 0.25) is 0 Å². The van der Waals surface area contributed by atoms with Gasteiger partial charge in [-0.15, -0.1) is 10.2 Å². The fourth-order valence-corrected chi connectivity index (χ4v) is 6.25. The molecule has 1 aromatic heterocycles. The summed E-state index contributed by atoms with van der Waals surface area (Å²) in [6, 6.07) is 33.6. The van der Waals surface area contributed by atoms with Crippen molar-refractivity contribution in [2.45, 2.75) is 0 Å². The fraction of sp³-hybridized carbons (Fsp3) is 0.0952. The number of hydrogen-bond donors (Lipinski definition) is 1. The maximum absolute atomic E-state index is 13.7. The normalized spacial score (nSPS) is 12.0. The zero-order valence-electron chi connectivity index (χ0n) is 28.5. The van der Waals surface area contributed by atoms with Gasteiger partial charge in [-0.05, 0) is 71.8 Å². The van der Waals surface area contributed by atoms with Crippen LogP contribution < -0.4 is 10.2 Å². The molecule has 0 saturated heterocycles. The van der Waals surface area contributed by atoms with Crippen molar-refractivity contribution in [3.8, 4) is 34.0 Å². The number of anilines is 2. The lowest BCUT2D eigenvalue weighted by atomic mass is 9.93. The number of ether oxygens (including phenoxy) is 1. The molecule has 262 valence electrons. The van der Waals surface area contributed by atoms with Crippen molar-refractivity contribution in [1.29, 1.82) is 0 Å². The Morgan fingerprint density at radius 1 is 0.736 bits per heavy atom. The number of amides is 3. The van der Waals surface area contributed by atoms with E-state index in [1.165, 1.54) is 11.0 Å². The Hall–Kier alpha value is -7.14. The summed E-state index contributed by atoms with van der Waals surface area (Å²) in [4.78, 5) is 54.5. The molecule has 11 heteroatoms. The summed E-state index contributed by atoms with van der Waals surface area (Å²) >= 11 is 0. The van der Waals surface area contributed by atoms with Crippen molar-refractivity contribution in [3.05, 3.63) is 146 Å². The van der Waals surface area contributed by atoms with Crippen molar-refractivity contribution in [3.63, 3.8) is 0 Å². The summed E-state index contributed by atoms with van der Waals surface area (Å²) in [6.45, 7) is 7.44. The molecule has 0 spiro atoms. The topological polar surface area (TPSA) is 135 Å². The van der Waals surface area contributed by atoms with Crippen LogP contribution in [-0.2, 0) is 14.3 Å². The second-order valence-electron chi connectivity index (χ2n) is 12.0. The van der Waals surface area contributed by atoms with Gasteiger partial charge in [-0.1, -0.05) is 67.8 Å². The Morgan fingerprint density at radius 2 is 1.36 bits per heavy atom. The quantitative estimate of drug-likeness (QED) is 0.0574. The second-order valence-corrected chi connectivity index (χ2v) is 12.0. The number of benzene rings is 5. The molecule has 5 aromatic carbocycles. The molecule has 53 heavy (non-hydrogen) atoms. The van der Waals surface area contributed by atoms with Crippen molar-refractivity contribution in [1.82, 2.24) is 15.1 Å². The third-order valence-electron chi connectivity index (χ3n) is 8.90. The zero-order chi connectivity index (χ0) is 36.9. The number of nitrogens with zero attached hydrogens (tertiary/aromatic N) is 4. The van der Waals surface area contributed by atoms with Gasteiger partial charge in [0.1, 0.15) is 6.61 Å². The summed E-state index contributed by atoms with van der Waals surface area (Å²) in [7, 11) is 0. The first-order valence-corrected chi connectivity index (χ1v) is 16.8. The van der Waals surface area contributed by atoms with Gasteiger partial charge in [0.15, 0.2) is 0 Å². The monoisotopic (exact) mass is 703 g/mol. The number of aromatic nitrogens is 2. The second kappa shape index (κ2) is 15.0. The lowest BCUT2D eigenvalue weighted by Crippen LogP contribution is -2.45. The third-order valence-corrected chi connectivity index (χ3v) is 8.90.